The van der Waals surface area contributed by atoms with Crippen molar-refractivity contribution in [3.05, 3.63) is 17.0 Å². The molecule has 2 atom stereocenters. The lowest BCUT2D eigenvalue weighted by molar-refractivity contribution is -0.137. The number of carbonyl (C=O) groups excluding carboxylic acids is 1. The van der Waals surface area contributed by atoms with Crippen LogP contribution in [0.1, 0.15) is 62.9 Å². The molecule has 8 heteroatoms. The Morgan fingerprint density at radius 2 is 1.96 bits per heavy atom. The van der Waals surface area contributed by atoms with Gasteiger partial charge in [0.05, 0.1) is 16.9 Å². The zero-order valence-electron chi connectivity index (χ0n) is 17.6. The van der Waals surface area contributed by atoms with Gasteiger partial charge in [-0.05, 0) is 52.0 Å². The second-order valence-corrected chi connectivity index (χ2v) is 10.2. The van der Waals surface area contributed by atoms with Gasteiger partial charge in [-0.15, -0.1) is 0 Å². The molecule has 28 heavy (non-hydrogen) atoms. The quantitative estimate of drug-likeness (QED) is 0.779. The SMILES string of the molecule is CCN1[C@@H]2CCCC[C@@]2(C(=O)NCCc2c(C)nn(CC)c2C)CCS1(=O)=O. The molecular weight excluding hydrogens is 376 g/mol. The maximum atomic E-state index is 13.3. The zero-order chi connectivity index (χ0) is 20.5. The molecular formula is C20H34N4O3S. The van der Waals surface area contributed by atoms with E-state index in [0.29, 0.717) is 19.5 Å². The largest absolute Gasteiger partial charge is 0.355 e. The molecule has 0 unspecified atom stereocenters. The first-order valence-corrected chi connectivity index (χ1v) is 12.2. The number of hydrogen-bond donors (Lipinski definition) is 1. The smallest absolute Gasteiger partial charge is 0.227 e. The molecule has 158 valence electrons. The fraction of sp³-hybridized carbons (Fsp3) is 0.800. The first kappa shape index (κ1) is 21.3. The van der Waals surface area contributed by atoms with Crippen LogP contribution in [0.2, 0.25) is 0 Å². The highest BCUT2D eigenvalue weighted by molar-refractivity contribution is 7.89. The van der Waals surface area contributed by atoms with Gasteiger partial charge >= 0.3 is 0 Å². The van der Waals surface area contributed by atoms with Crippen molar-refractivity contribution in [3.63, 3.8) is 0 Å². The molecule has 2 aliphatic rings. The summed E-state index contributed by atoms with van der Waals surface area (Å²) in [5.74, 6) is 0.107. The van der Waals surface area contributed by atoms with Crippen LogP contribution >= 0.6 is 0 Å². The molecule has 1 aliphatic heterocycles. The van der Waals surface area contributed by atoms with Crippen molar-refractivity contribution < 1.29 is 13.2 Å². The molecule has 1 N–H and O–H groups in total. The summed E-state index contributed by atoms with van der Waals surface area (Å²) in [6.45, 7) is 9.87. The number of rotatable bonds is 6. The summed E-state index contributed by atoms with van der Waals surface area (Å²) in [4.78, 5) is 13.3. The van der Waals surface area contributed by atoms with Gasteiger partial charge in [-0.25, -0.2) is 8.42 Å². The molecule has 0 aromatic carbocycles. The molecule has 1 aromatic rings. The van der Waals surface area contributed by atoms with E-state index < -0.39 is 15.4 Å². The molecule has 2 fully saturated rings. The highest BCUT2D eigenvalue weighted by Gasteiger charge is 2.54. The second kappa shape index (κ2) is 8.14. The molecule has 7 nitrogen and oxygen atoms in total. The summed E-state index contributed by atoms with van der Waals surface area (Å²) < 4.78 is 28.6. The zero-order valence-corrected chi connectivity index (χ0v) is 18.4. The molecule has 0 bridgehead atoms. The topological polar surface area (TPSA) is 84.3 Å². The van der Waals surface area contributed by atoms with E-state index in [0.717, 1.165) is 50.0 Å². The molecule has 1 saturated carbocycles. The Kier molecular flexibility index (Phi) is 6.20. The average molecular weight is 411 g/mol. The van der Waals surface area contributed by atoms with Crippen LogP contribution in [0.5, 0.6) is 0 Å². The van der Waals surface area contributed by atoms with E-state index in [1.165, 1.54) is 5.56 Å². The van der Waals surface area contributed by atoms with E-state index in [1.54, 1.807) is 4.31 Å². The van der Waals surface area contributed by atoms with Gasteiger partial charge in [-0.3, -0.25) is 9.48 Å². The molecule has 1 aliphatic carbocycles. The molecule has 0 radical (unpaired) electrons. The summed E-state index contributed by atoms with van der Waals surface area (Å²) in [6.07, 6.45) is 4.72. The molecule has 1 saturated heterocycles. The Balaban J connectivity index is 1.73. The van der Waals surface area contributed by atoms with Gasteiger partial charge in [0.2, 0.25) is 15.9 Å². The molecule has 2 heterocycles. The number of carbonyl (C=O) groups is 1. The lowest BCUT2D eigenvalue weighted by atomic mass is 9.67. The summed E-state index contributed by atoms with van der Waals surface area (Å²) >= 11 is 0. The summed E-state index contributed by atoms with van der Waals surface area (Å²) in [5.41, 5.74) is 2.80. The lowest BCUT2D eigenvalue weighted by Crippen LogP contribution is -2.62. The minimum Gasteiger partial charge on any atom is -0.355 e. The number of aromatic nitrogens is 2. The lowest BCUT2D eigenvalue weighted by Gasteiger charge is -2.50. The van der Waals surface area contributed by atoms with Gasteiger partial charge < -0.3 is 5.32 Å². The van der Waals surface area contributed by atoms with Gasteiger partial charge in [-0.2, -0.15) is 9.40 Å². The van der Waals surface area contributed by atoms with Crippen LogP contribution in [-0.4, -0.2) is 53.3 Å². The van der Waals surface area contributed by atoms with Crippen LogP contribution in [-0.2, 0) is 27.8 Å². The third-order valence-electron chi connectivity index (χ3n) is 6.75. The summed E-state index contributed by atoms with van der Waals surface area (Å²) in [5, 5.41) is 7.70. The normalized spacial score (nSPS) is 27.4. The van der Waals surface area contributed by atoms with E-state index in [9.17, 15) is 13.2 Å². The van der Waals surface area contributed by atoms with Crippen LogP contribution in [0, 0.1) is 19.3 Å². The predicted octanol–water partition coefficient (Wildman–Crippen LogP) is 2.16. The number of hydrogen-bond acceptors (Lipinski definition) is 4. The van der Waals surface area contributed by atoms with Gasteiger partial charge in [0.25, 0.3) is 0 Å². The Bertz CT molecular complexity index is 833. The Morgan fingerprint density at radius 1 is 1.21 bits per heavy atom. The predicted molar refractivity (Wildman–Crippen MR) is 110 cm³/mol. The minimum atomic E-state index is -3.25. The first-order valence-electron chi connectivity index (χ1n) is 10.6. The third-order valence-corrected chi connectivity index (χ3v) is 8.70. The van der Waals surface area contributed by atoms with Crippen LogP contribution in [0.25, 0.3) is 0 Å². The van der Waals surface area contributed by atoms with Crippen molar-refractivity contribution in [1.29, 1.82) is 0 Å². The average Bonchev–Trinajstić information content (AvgIpc) is 2.94. The highest BCUT2D eigenvalue weighted by Crippen LogP contribution is 2.46. The Hall–Kier alpha value is -1.41. The molecule has 3 rings (SSSR count). The summed E-state index contributed by atoms with van der Waals surface area (Å²) in [6, 6.07) is -0.198. The van der Waals surface area contributed by atoms with Crippen molar-refractivity contribution in [2.75, 3.05) is 18.8 Å². The fourth-order valence-corrected chi connectivity index (χ4v) is 7.18. The second-order valence-electron chi connectivity index (χ2n) is 8.16. The number of sulfonamides is 1. The van der Waals surface area contributed by atoms with E-state index in [1.807, 2.05) is 18.5 Å². The maximum Gasteiger partial charge on any atom is 0.227 e. The Morgan fingerprint density at radius 3 is 2.61 bits per heavy atom. The van der Waals surface area contributed by atoms with Gasteiger partial charge in [-0.1, -0.05) is 19.8 Å². The molecule has 1 amide bonds. The standard InChI is InChI=1S/C20H34N4O3S/c1-5-23-16(4)17(15(3)22-23)10-13-21-19(25)20-11-8-7-9-18(20)24(6-2)28(26,27)14-12-20/h18H,5-14H2,1-4H3,(H,21,25)/t18-,20-/m1/s1. The van der Waals surface area contributed by atoms with Gasteiger partial charge in [0.1, 0.15) is 0 Å². The molecule has 0 spiro atoms. The Labute approximate surface area is 168 Å². The third kappa shape index (κ3) is 3.61. The number of nitrogens with one attached hydrogen (secondary N) is 1. The highest BCUT2D eigenvalue weighted by atomic mass is 32.2. The molecule has 1 aromatic heterocycles. The van der Waals surface area contributed by atoms with Crippen molar-refractivity contribution in [3.8, 4) is 0 Å². The number of nitrogens with zero attached hydrogens (tertiary/aromatic N) is 3. The summed E-state index contributed by atoms with van der Waals surface area (Å²) in [7, 11) is -3.25. The van der Waals surface area contributed by atoms with Crippen LogP contribution in [0.15, 0.2) is 0 Å². The van der Waals surface area contributed by atoms with Crippen molar-refractivity contribution in [1.82, 2.24) is 19.4 Å². The van der Waals surface area contributed by atoms with E-state index in [4.69, 9.17) is 0 Å². The fourth-order valence-electron chi connectivity index (χ4n) is 5.23. The van der Waals surface area contributed by atoms with E-state index >= 15 is 0 Å². The minimum absolute atomic E-state index is 0.0312. The van der Waals surface area contributed by atoms with Crippen LogP contribution < -0.4 is 5.32 Å². The van der Waals surface area contributed by atoms with Crippen molar-refractivity contribution in [2.24, 2.45) is 5.41 Å². The number of amides is 1. The van der Waals surface area contributed by atoms with Gasteiger partial charge in [0, 0.05) is 31.4 Å². The van der Waals surface area contributed by atoms with Crippen molar-refractivity contribution in [2.45, 2.75) is 78.8 Å². The van der Waals surface area contributed by atoms with Gasteiger partial charge in [0.15, 0.2) is 0 Å². The van der Waals surface area contributed by atoms with Crippen LogP contribution in [0.4, 0.5) is 0 Å². The monoisotopic (exact) mass is 410 g/mol. The van der Waals surface area contributed by atoms with E-state index in [-0.39, 0.29) is 17.7 Å². The number of fused-ring (bicyclic) bond motifs is 1. The van der Waals surface area contributed by atoms with E-state index in [2.05, 4.69) is 24.3 Å². The number of aryl methyl sites for hydroxylation is 2. The first-order chi connectivity index (χ1) is 13.3. The van der Waals surface area contributed by atoms with Crippen molar-refractivity contribution >= 4 is 15.9 Å². The van der Waals surface area contributed by atoms with Crippen LogP contribution in [0.3, 0.4) is 0 Å². The maximum absolute atomic E-state index is 13.3.